The Morgan fingerprint density at radius 2 is 1.83 bits per heavy atom. The first kappa shape index (κ1) is 19.5. The number of hydrogen-bond donors (Lipinski definition) is 1. The number of rotatable bonds is 4. The van der Waals surface area contributed by atoms with Crippen molar-refractivity contribution in [3.05, 3.63) is 81.4 Å². The standard InChI is InChI=1S/C19H11ClF2N4O4/c20-15-16(22)13(21)7-12-17(15)25(9-14(18(12)27)30-19(28)29)11-3-1-10(2-4-11)8-26-23-5-6-24-26/h1-7,9H,8H2,(H,28,29). The molecule has 2 aromatic carbocycles. The van der Waals surface area contributed by atoms with Crippen molar-refractivity contribution in [3.8, 4) is 11.4 Å². The largest absolute Gasteiger partial charge is 0.511 e. The molecule has 0 saturated heterocycles. The highest BCUT2D eigenvalue weighted by Gasteiger charge is 2.21. The minimum absolute atomic E-state index is 0.125. The van der Waals surface area contributed by atoms with Gasteiger partial charge in [0, 0.05) is 5.69 Å². The van der Waals surface area contributed by atoms with Crippen molar-refractivity contribution >= 4 is 28.7 Å². The molecule has 0 aliphatic heterocycles. The molecule has 0 aliphatic carbocycles. The fourth-order valence-electron chi connectivity index (χ4n) is 2.99. The number of aromatic nitrogens is 4. The maximum absolute atomic E-state index is 14.1. The Balaban J connectivity index is 1.90. The monoisotopic (exact) mass is 432 g/mol. The topological polar surface area (TPSA) is 99.2 Å². The summed E-state index contributed by atoms with van der Waals surface area (Å²) in [4.78, 5) is 24.9. The molecule has 11 heteroatoms. The van der Waals surface area contributed by atoms with Crippen molar-refractivity contribution < 1.29 is 23.4 Å². The summed E-state index contributed by atoms with van der Waals surface area (Å²) in [5, 5.41) is 16.0. The normalized spacial score (nSPS) is 11.0. The third kappa shape index (κ3) is 3.48. The Bertz CT molecular complexity index is 1320. The number of hydrogen-bond acceptors (Lipinski definition) is 5. The van der Waals surface area contributed by atoms with Gasteiger partial charge in [-0.25, -0.2) is 13.6 Å². The molecule has 0 unspecified atom stereocenters. The van der Waals surface area contributed by atoms with Gasteiger partial charge in [0.2, 0.25) is 5.43 Å². The average Bonchev–Trinajstić information content (AvgIpc) is 3.22. The second-order valence-corrected chi connectivity index (χ2v) is 6.55. The van der Waals surface area contributed by atoms with E-state index in [0.29, 0.717) is 18.3 Å². The molecule has 0 bridgehead atoms. The summed E-state index contributed by atoms with van der Waals surface area (Å²) in [6, 6.07) is 7.37. The third-order valence-electron chi connectivity index (χ3n) is 4.29. The van der Waals surface area contributed by atoms with Gasteiger partial charge in [0.15, 0.2) is 17.4 Å². The van der Waals surface area contributed by atoms with E-state index < -0.39 is 34.0 Å². The lowest BCUT2D eigenvalue weighted by atomic mass is 10.1. The first-order chi connectivity index (χ1) is 14.3. The predicted molar refractivity (Wildman–Crippen MR) is 102 cm³/mol. The molecule has 4 aromatic rings. The summed E-state index contributed by atoms with van der Waals surface area (Å²) in [7, 11) is 0. The van der Waals surface area contributed by atoms with Crippen molar-refractivity contribution in [3.63, 3.8) is 0 Å². The van der Waals surface area contributed by atoms with Crippen LogP contribution < -0.4 is 10.2 Å². The molecule has 8 nitrogen and oxygen atoms in total. The van der Waals surface area contributed by atoms with Gasteiger partial charge in [-0.2, -0.15) is 15.0 Å². The van der Waals surface area contributed by atoms with E-state index in [4.69, 9.17) is 16.7 Å². The van der Waals surface area contributed by atoms with Crippen LogP contribution in [0.5, 0.6) is 5.75 Å². The maximum atomic E-state index is 14.1. The summed E-state index contributed by atoms with van der Waals surface area (Å²) in [5.41, 5.74) is 0.177. The SMILES string of the molecule is O=C(O)Oc1cn(-c2ccc(Cn3nccn3)cc2)c2c(Cl)c(F)c(F)cc2c1=O. The molecule has 0 radical (unpaired) electrons. The second kappa shape index (κ2) is 7.56. The minimum atomic E-state index is -1.73. The summed E-state index contributed by atoms with van der Waals surface area (Å²) in [5.74, 6) is -3.25. The number of ether oxygens (including phenoxy) is 1. The fraction of sp³-hybridized carbons (Fsp3) is 0.0526. The molecular weight excluding hydrogens is 422 g/mol. The number of fused-ring (bicyclic) bond motifs is 1. The molecule has 2 heterocycles. The predicted octanol–water partition coefficient (Wildman–Crippen LogP) is 3.62. The van der Waals surface area contributed by atoms with E-state index in [1.807, 2.05) is 0 Å². The van der Waals surface area contributed by atoms with Gasteiger partial charge in [-0.1, -0.05) is 23.7 Å². The summed E-state index contributed by atoms with van der Waals surface area (Å²) < 4.78 is 33.8. The van der Waals surface area contributed by atoms with Crippen LogP contribution in [0.1, 0.15) is 5.56 Å². The summed E-state index contributed by atoms with van der Waals surface area (Å²) in [6.07, 6.45) is 2.42. The highest BCUT2D eigenvalue weighted by molar-refractivity contribution is 6.35. The van der Waals surface area contributed by atoms with Gasteiger partial charge in [0.05, 0.1) is 36.0 Å². The summed E-state index contributed by atoms with van der Waals surface area (Å²) in [6.45, 7) is 0.395. The van der Waals surface area contributed by atoms with Gasteiger partial charge >= 0.3 is 6.16 Å². The molecule has 0 fully saturated rings. The van der Waals surface area contributed by atoms with Crippen LogP contribution in [-0.2, 0) is 6.54 Å². The van der Waals surface area contributed by atoms with Gasteiger partial charge in [-0.15, -0.1) is 0 Å². The molecule has 0 amide bonds. The lowest BCUT2D eigenvalue weighted by Gasteiger charge is -2.15. The first-order valence-corrected chi connectivity index (χ1v) is 8.80. The van der Waals surface area contributed by atoms with E-state index in [1.54, 1.807) is 36.7 Å². The fourth-order valence-corrected chi connectivity index (χ4v) is 3.27. The molecule has 4 rings (SSSR count). The van der Waals surface area contributed by atoms with E-state index in [1.165, 1.54) is 9.36 Å². The molecule has 0 aliphatic rings. The molecule has 30 heavy (non-hydrogen) atoms. The lowest BCUT2D eigenvalue weighted by Crippen LogP contribution is -2.16. The zero-order valence-corrected chi connectivity index (χ0v) is 15.7. The van der Waals surface area contributed by atoms with Gasteiger partial charge in [-0.05, 0) is 23.8 Å². The Morgan fingerprint density at radius 3 is 2.47 bits per heavy atom. The number of carbonyl (C=O) groups is 1. The third-order valence-corrected chi connectivity index (χ3v) is 4.64. The first-order valence-electron chi connectivity index (χ1n) is 8.42. The number of nitrogens with zero attached hydrogens (tertiary/aromatic N) is 4. The zero-order chi connectivity index (χ0) is 21.4. The van der Waals surface area contributed by atoms with Crippen molar-refractivity contribution in [2.45, 2.75) is 6.54 Å². The molecular formula is C19H11ClF2N4O4. The van der Waals surface area contributed by atoms with Crippen LogP contribution in [0, 0.1) is 11.6 Å². The Kier molecular flexibility index (Phi) is 4.92. The average molecular weight is 433 g/mol. The van der Waals surface area contributed by atoms with Crippen molar-refractivity contribution in [1.29, 1.82) is 0 Å². The molecule has 1 N–H and O–H groups in total. The van der Waals surface area contributed by atoms with Crippen molar-refractivity contribution in [2.24, 2.45) is 0 Å². The molecule has 0 saturated carbocycles. The van der Waals surface area contributed by atoms with E-state index in [2.05, 4.69) is 14.9 Å². The van der Waals surface area contributed by atoms with Crippen LogP contribution in [0.2, 0.25) is 5.02 Å². The second-order valence-electron chi connectivity index (χ2n) is 6.17. The van der Waals surface area contributed by atoms with E-state index in [-0.39, 0.29) is 10.9 Å². The highest BCUT2D eigenvalue weighted by Crippen LogP contribution is 2.30. The van der Waals surface area contributed by atoms with Crippen LogP contribution in [0.25, 0.3) is 16.6 Å². The van der Waals surface area contributed by atoms with Crippen LogP contribution in [0.15, 0.2) is 53.7 Å². The zero-order valence-electron chi connectivity index (χ0n) is 14.9. The number of pyridine rings is 1. The number of benzene rings is 2. The van der Waals surface area contributed by atoms with E-state index in [9.17, 15) is 18.4 Å². The van der Waals surface area contributed by atoms with Gasteiger partial charge in [-0.3, -0.25) is 4.79 Å². The molecule has 2 aromatic heterocycles. The van der Waals surface area contributed by atoms with Crippen LogP contribution in [0.3, 0.4) is 0 Å². The van der Waals surface area contributed by atoms with Crippen LogP contribution in [-0.4, -0.2) is 30.8 Å². The Hall–Kier alpha value is -3.79. The Labute approximate surface area is 171 Å². The van der Waals surface area contributed by atoms with Gasteiger partial charge in [0.25, 0.3) is 0 Å². The molecule has 0 atom stereocenters. The Morgan fingerprint density at radius 1 is 1.17 bits per heavy atom. The highest BCUT2D eigenvalue weighted by atomic mass is 35.5. The summed E-state index contributed by atoms with van der Waals surface area (Å²) >= 11 is 5.99. The lowest BCUT2D eigenvalue weighted by molar-refractivity contribution is 0.144. The smallest absolute Gasteiger partial charge is 0.449 e. The van der Waals surface area contributed by atoms with Gasteiger partial charge < -0.3 is 14.4 Å². The molecule has 152 valence electrons. The number of halogens is 3. The van der Waals surface area contributed by atoms with Crippen LogP contribution >= 0.6 is 11.6 Å². The van der Waals surface area contributed by atoms with Gasteiger partial charge in [0.1, 0.15) is 5.02 Å². The number of carboxylic acid groups (broad SMARTS) is 1. The van der Waals surface area contributed by atoms with Crippen molar-refractivity contribution in [1.82, 2.24) is 19.6 Å². The minimum Gasteiger partial charge on any atom is -0.449 e. The molecule has 0 spiro atoms. The van der Waals surface area contributed by atoms with E-state index in [0.717, 1.165) is 11.8 Å². The quantitative estimate of drug-likeness (QED) is 0.390. The van der Waals surface area contributed by atoms with Crippen molar-refractivity contribution in [2.75, 3.05) is 0 Å². The van der Waals surface area contributed by atoms with E-state index >= 15 is 0 Å². The van der Waals surface area contributed by atoms with Crippen LogP contribution in [0.4, 0.5) is 13.6 Å². The maximum Gasteiger partial charge on any atom is 0.511 e.